The van der Waals surface area contributed by atoms with Crippen molar-refractivity contribution in [3.8, 4) is 39.5 Å². The van der Waals surface area contributed by atoms with Crippen molar-refractivity contribution in [1.82, 2.24) is 14.5 Å². The molecule has 239 valence electrons. The van der Waals surface area contributed by atoms with Crippen molar-refractivity contribution in [3.63, 3.8) is 0 Å². The molecular weight excluding hydrogens is 783 g/mol. The Balaban J connectivity index is 0.000000260. The Labute approximate surface area is 300 Å². The van der Waals surface area contributed by atoms with E-state index < -0.39 is 0 Å². The van der Waals surface area contributed by atoms with Gasteiger partial charge in [-0.25, -0.2) is 0 Å². The van der Waals surface area contributed by atoms with Crippen LogP contribution in [0.3, 0.4) is 0 Å². The first-order valence-corrected chi connectivity index (χ1v) is 16.7. The van der Waals surface area contributed by atoms with Gasteiger partial charge in [0.2, 0.25) is 0 Å². The molecule has 3 heterocycles. The molecule has 0 N–H and O–H groups in total. The monoisotopic (exact) mass is 818 g/mol. The molecule has 0 amide bonds. The van der Waals surface area contributed by atoms with E-state index in [2.05, 4.69) is 139 Å². The van der Waals surface area contributed by atoms with Crippen LogP contribution in [0, 0.1) is 16.9 Å². The Bertz CT molecular complexity index is 2190. The SMILES string of the molecule is CC(C)(C)Cc1ccc2s[c-]c(-c3nc4ccccc4n3-c3ccc(-c4ccccc4)cc3)c2c1.[Ir].[c-]1ccccc1-c1ccccn1. The Kier molecular flexibility index (Phi) is 10.1. The normalized spacial score (nSPS) is 11.1. The van der Waals surface area contributed by atoms with Crippen LogP contribution >= 0.6 is 11.3 Å². The van der Waals surface area contributed by atoms with Gasteiger partial charge in [-0.3, -0.25) is 16.3 Å². The summed E-state index contributed by atoms with van der Waals surface area (Å²) in [4.78, 5) is 9.32. The number of fused-ring (bicyclic) bond motifs is 2. The second-order valence-corrected chi connectivity index (χ2v) is 13.7. The molecule has 0 saturated carbocycles. The summed E-state index contributed by atoms with van der Waals surface area (Å²) in [6, 6.07) is 51.3. The van der Waals surface area contributed by atoms with Gasteiger partial charge in [-0.15, -0.1) is 47.3 Å². The zero-order valence-corrected chi connectivity index (χ0v) is 30.4. The number of pyridine rings is 1. The third kappa shape index (κ3) is 7.40. The maximum atomic E-state index is 5.10. The van der Waals surface area contributed by atoms with E-state index in [1.807, 2.05) is 42.5 Å². The average molecular weight is 818 g/mol. The smallest absolute Gasteiger partial charge is 0.0774 e. The second kappa shape index (κ2) is 14.6. The third-order valence-electron chi connectivity index (χ3n) is 7.98. The van der Waals surface area contributed by atoms with Crippen molar-refractivity contribution in [1.29, 1.82) is 0 Å². The van der Waals surface area contributed by atoms with Crippen LogP contribution in [0.1, 0.15) is 26.3 Å². The molecule has 0 unspecified atom stereocenters. The van der Waals surface area contributed by atoms with Crippen LogP contribution in [0.4, 0.5) is 0 Å². The molecule has 8 rings (SSSR count). The maximum absolute atomic E-state index is 5.10. The first kappa shape index (κ1) is 33.2. The molecule has 0 aliphatic rings. The summed E-state index contributed by atoms with van der Waals surface area (Å²) in [6.45, 7) is 6.86. The molecule has 5 heteroatoms. The Morgan fingerprint density at radius 2 is 1.46 bits per heavy atom. The molecule has 1 radical (unpaired) electrons. The summed E-state index contributed by atoms with van der Waals surface area (Å²) in [6.07, 6.45) is 2.83. The number of thiophene rings is 1. The molecule has 0 spiro atoms. The van der Waals surface area contributed by atoms with Crippen molar-refractivity contribution < 1.29 is 20.1 Å². The first-order chi connectivity index (χ1) is 22.9. The van der Waals surface area contributed by atoms with Gasteiger partial charge in [0, 0.05) is 32.0 Å². The number of aromatic nitrogens is 3. The number of hydrogen-bond acceptors (Lipinski definition) is 3. The molecular formula is C43H35IrN3S-2. The molecule has 8 aromatic rings. The van der Waals surface area contributed by atoms with Crippen LogP contribution in [0.25, 0.3) is 60.6 Å². The van der Waals surface area contributed by atoms with Gasteiger partial charge in [-0.05, 0) is 59.0 Å². The van der Waals surface area contributed by atoms with Gasteiger partial charge in [-0.1, -0.05) is 121 Å². The standard InChI is InChI=1S/C32H27N2S.C11H8N.Ir/c1-32(2,3)20-22-13-18-30-26(19-22)27(21-35-30)31-33-28-11-7-8-12-29(28)34(31)25-16-14-24(15-17-25)23-9-5-4-6-10-23;1-2-6-10(7-3-1)11-8-4-5-9-12-11;/h4-19H,20H2,1-3H3;1-6,8-9H;/q2*-1;. The molecule has 48 heavy (non-hydrogen) atoms. The van der Waals surface area contributed by atoms with Gasteiger partial charge in [0.05, 0.1) is 16.9 Å². The summed E-state index contributed by atoms with van der Waals surface area (Å²) in [7, 11) is 0. The van der Waals surface area contributed by atoms with E-state index >= 15 is 0 Å². The third-order valence-corrected chi connectivity index (χ3v) is 8.86. The molecule has 0 aliphatic heterocycles. The fraction of sp³-hybridized carbons (Fsp3) is 0.116. The predicted molar refractivity (Wildman–Crippen MR) is 198 cm³/mol. The van der Waals surface area contributed by atoms with Gasteiger partial charge in [0.25, 0.3) is 0 Å². The molecule has 0 aliphatic carbocycles. The van der Waals surface area contributed by atoms with E-state index in [1.54, 1.807) is 17.5 Å². The molecule has 0 saturated heterocycles. The van der Waals surface area contributed by atoms with Gasteiger partial charge in [-0.2, -0.15) is 0 Å². The molecule has 3 aromatic heterocycles. The number of nitrogens with zero attached hydrogens (tertiary/aromatic N) is 3. The van der Waals surface area contributed by atoms with Crippen LogP contribution in [-0.2, 0) is 26.5 Å². The van der Waals surface area contributed by atoms with Crippen LogP contribution in [0.15, 0.2) is 146 Å². The van der Waals surface area contributed by atoms with E-state index in [0.717, 1.165) is 45.8 Å². The zero-order valence-electron chi connectivity index (χ0n) is 27.1. The van der Waals surface area contributed by atoms with Crippen molar-refractivity contribution in [3.05, 3.63) is 163 Å². The van der Waals surface area contributed by atoms with E-state index in [0.29, 0.717) is 0 Å². The van der Waals surface area contributed by atoms with Crippen LogP contribution in [0.2, 0.25) is 0 Å². The van der Waals surface area contributed by atoms with E-state index in [4.69, 9.17) is 4.98 Å². The zero-order chi connectivity index (χ0) is 32.2. The Morgan fingerprint density at radius 3 is 2.19 bits per heavy atom. The summed E-state index contributed by atoms with van der Waals surface area (Å²) in [5, 5.41) is 4.82. The fourth-order valence-corrected chi connectivity index (χ4v) is 6.69. The number of hydrogen-bond donors (Lipinski definition) is 0. The number of benzene rings is 5. The molecule has 5 aromatic carbocycles. The first-order valence-electron chi connectivity index (χ1n) is 15.9. The summed E-state index contributed by atoms with van der Waals surface area (Å²) in [5.74, 6) is 0.942. The minimum absolute atomic E-state index is 0. The van der Waals surface area contributed by atoms with Crippen molar-refractivity contribution >= 4 is 32.5 Å². The van der Waals surface area contributed by atoms with Gasteiger partial charge in [0.15, 0.2) is 0 Å². The Hall–Kier alpha value is -4.67. The summed E-state index contributed by atoms with van der Waals surface area (Å²) in [5.41, 5.74) is 10.3. The topological polar surface area (TPSA) is 30.7 Å². The molecule has 3 nitrogen and oxygen atoms in total. The van der Waals surface area contributed by atoms with Crippen molar-refractivity contribution in [2.75, 3.05) is 0 Å². The number of imidazole rings is 1. The number of rotatable bonds is 5. The quantitative estimate of drug-likeness (QED) is 0.162. The van der Waals surface area contributed by atoms with Crippen LogP contribution < -0.4 is 0 Å². The average Bonchev–Trinajstić information content (AvgIpc) is 3.70. The van der Waals surface area contributed by atoms with Gasteiger partial charge < -0.3 is 9.55 Å². The summed E-state index contributed by atoms with van der Waals surface area (Å²) < 4.78 is 3.52. The van der Waals surface area contributed by atoms with Crippen molar-refractivity contribution in [2.24, 2.45) is 5.41 Å². The predicted octanol–water partition coefficient (Wildman–Crippen LogP) is 11.5. The van der Waals surface area contributed by atoms with Crippen molar-refractivity contribution in [2.45, 2.75) is 27.2 Å². The second-order valence-electron chi connectivity index (χ2n) is 12.8. The van der Waals surface area contributed by atoms with E-state index in [-0.39, 0.29) is 25.5 Å². The largest absolute Gasteiger partial charge is 0.333 e. The summed E-state index contributed by atoms with van der Waals surface area (Å²) >= 11 is 1.67. The van der Waals surface area contributed by atoms with Gasteiger partial charge >= 0.3 is 0 Å². The minimum atomic E-state index is 0. The molecule has 0 atom stereocenters. The number of para-hydroxylation sites is 2. The van der Waals surface area contributed by atoms with E-state index in [1.165, 1.54) is 26.8 Å². The van der Waals surface area contributed by atoms with Crippen LogP contribution in [0.5, 0.6) is 0 Å². The minimum Gasteiger partial charge on any atom is -0.333 e. The maximum Gasteiger partial charge on any atom is 0.0774 e. The molecule has 0 fully saturated rings. The fourth-order valence-electron chi connectivity index (χ4n) is 5.87. The van der Waals surface area contributed by atoms with E-state index in [9.17, 15) is 0 Å². The van der Waals surface area contributed by atoms with Gasteiger partial charge in [0.1, 0.15) is 0 Å². The van der Waals surface area contributed by atoms with Crippen LogP contribution in [-0.4, -0.2) is 14.5 Å². The Morgan fingerprint density at radius 1 is 0.729 bits per heavy atom. The molecule has 0 bridgehead atoms.